The van der Waals surface area contributed by atoms with E-state index in [9.17, 15) is 14.4 Å². The number of nitrogens with zero attached hydrogens (tertiary/aromatic N) is 1. The van der Waals surface area contributed by atoms with E-state index in [2.05, 4.69) is 15.6 Å². The fraction of sp³-hybridized carbons (Fsp3) is 0.231. The molecule has 0 atom stereocenters. The van der Waals surface area contributed by atoms with Gasteiger partial charge in [-0.1, -0.05) is 49.2 Å². The van der Waals surface area contributed by atoms with Crippen molar-refractivity contribution in [1.29, 1.82) is 0 Å². The van der Waals surface area contributed by atoms with Crippen LogP contribution in [0.25, 0.3) is 17.0 Å². The Balaban J connectivity index is 1.30. The number of para-hydroxylation sites is 2. The first kappa shape index (κ1) is 22.2. The Hall–Kier alpha value is -4.00. The Labute approximate surface area is 191 Å². The van der Waals surface area contributed by atoms with Crippen molar-refractivity contribution in [2.45, 2.75) is 31.7 Å². The van der Waals surface area contributed by atoms with Crippen molar-refractivity contribution in [3.05, 3.63) is 78.0 Å². The summed E-state index contributed by atoms with van der Waals surface area (Å²) < 4.78 is 5.03. The molecule has 7 nitrogen and oxygen atoms in total. The standard InChI is InChI=1S/C26H25N3O4/c30-24(29-23-12-6-4-10-21(23)26(32)28-19-8-2-3-9-19)17-33-25(31)16-15-20-14-13-18-7-1-5-11-22(18)27-20/h1,4-7,10-16,19H,2-3,8-9,17H2,(H,28,32)(H,29,30)/b16-15+. The predicted octanol–water partition coefficient (Wildman–Crippen LogP) is 4.10. The van der Waals surface area contributed by atoms with Gasteiger partial charge in [-0.2, -0.15) is 0 Å². The van der Waals surface area contributed by atoms with Gasteiger partial charge in [0.25, 0.3) is 11.8 Å². The Morgan fingerprint density at radius 1 is 0.970 bits per heavy atom. The molecule has 1 aliphatic carbocycles. The minimum Gasteiger partial charge on any atom is -0.452 e. The molecule has 0 aliphatic heterocycles. The summed E-state index contributed by atoms with van der Waals surface area (Å²) in [6.45, 7) is -0.465. The molecule has 1 aromatic heterocycles. The Morgan fingerprint density at radius 2 is 1.73 bits per heavy atom. The number of hydrogen-bond donors (Lipinski definition) is 2. The van der Waals surface area contributed by atoms with Gasteiger partial charge in [-0.25, -0.2) is 9.78 Å². The predicted molar refractivity (Wildman–Crippen MR) is 127 cm³/mol. The molecule has 3 aromatic rings. The summed E-state index contributed by atoms with van der Waals surface area (Å²) in [7, 11) is 0. The maximum atomic E-state index is 12.6. The second kappa shape index (κ2) is 10.5. The Morgan fingerprint density at radius 3 is 2.58 bits per heavy atom. The highest BCUT2D eigenvalue weighted by atomic mass is 16.5. The average molecular weight is 444 g/mol. The molecule has 0 unspecified atom stereocenters. The third-order valence-corrected chi connectivity index (χ3v) is 5.49. The van der Waals surface area contributed by atoms with Crippen molar-refractivity contribution in [2.75, 3.05) is 11.9 Å². The van der Waals surface area contributed by atoms with E-state index in [0.717, 1.165) is 36.6 Å². The topological polar surface area (TPSA) is 97.4 Å². The number of carbonyl (C=O) groups excluding carboxylic acids is 3. The number of esters is 1. The van der Waals surface area contributed by atoms with Crippen LogP contribution in [0.2, 0.25) is 0 Å². The van der Waals surface area contributed by atoms with Gasteiger partial charge in [-0.3, -0.25) is 9.59 Å². The van der Waals surface area contributed by atoms with Gasteiger partial charge in [-0.15, -0.1) is 0 Å². The van der Waals surface area contributed by atoms with E-state index in [1.165, 1.54) is 12.2 Å². The van der Waals surface area contributed by atoms with Gasteiger partial charge in [0, 0.05) is 17.5 Å². The number of nitrogens with one attached hydrogen (secondary N) is 2. The zero-order chi connectivity index (χ0) is 23.0. The minimum absolute atomic E-state index is 0.172. The van der Waals surface area contributed by atoms with Crippen LogP contribution < -0.4 is 10.6 Å². The van der Waals surface area contributed by atoms with Crippen molar-refractivity contribution in [1.82, 2.24) is 10.3 Å². The lowest BCUT2D eigenvalue weighted by atomic mass is 10.1. The van der Waals surface area contributed by atoms with Crippen molar-refractivity contribution in [3.8, 4) is 0 Å². The fourth-order valence-corrected chi connectivity index (χ4v) is 3.82. The molecule has 1 fully saturated rings. The van der Waals surface area contributed by atoms with Gasteiger partial charge in [0.15, 0.2) is 6.61 Å². The first-order valence-corrected chi connectivity index (χ1v) is 11.0. The first-order valence-electron chi connectivity index (χ1n) is 11.0. The molecule has 7 heteroatoms. The van der Waals surface area contributed by atoms with Crippen molar-refractivity contribution >= 4 is 40.4 Å². The summed E-state index contributed by atoms with van der Waals surface area (Å²) in [6, 6.07) is 18.3. The molecular weight excluding hydrogens is 418 g/mol. The van der Waals surface area contributed by atoms with E-state index in [4.69, 9.17) is 4.74 Å². The van der Waals surface area contributed by atoms with Gasteiger partial charge < -0.3 is 15.4 Å². The smallest absolute Gasteiger partial charge is 0.331 e. The summed E-state index contributed by atoms with van der Waals surface area (Å²) in [5.41, 5.74) is 2.19. The fourth-order valence-electron chi connectivity index (χ4n) is 3.82. The SMILES string of the molecule is O=C(COC(=O)/C=C/c1ccc2ccccc2n1)Nc1ccccc1C(=O)NC1CCCC1. The second-order valence-corrected chi connectivity index (χ2v) is 7.92. The first-order chi connectivity index (χ1) is 16.1. The highest BCUT2D eigenvalue weighted by Crippen LogP contribution is 2.20. The van der Waals surface area contributed by atoms with Crippen LogP contribution in [0.5, 0.6) is 0 Å². The van der Waals surface area contributed by atoms with Crippen LogP contribution in [0.4, 0.5) is 5.69 Å². The minimum atomic E-state index is -0.660. The summed E-state index contributed by atoms with van der Waals surface area (Å²) in [5, 5.41) is 6.67. The molecule has 0 spiro atoms. The summed E-state index contributed by atoms with van der Waals surface area (Å²) in [5.74, 6) is -1.41. The second-order valence-electron chi connectivity index (χ2n) is 7.92. The number of anilines is 1. The molecule has 2 amide bonds. The Kier molecular flexibility index (Phi) is 7.09. The summed E-state index contributed by atoms with van der Waals surface area (Å²) in [6.07, 6.45) is 6.93. The largest absolute Gasteiger partial charge is 0.452 e. The van der Waals surface area contributed by atoms with Crippen LogP contribution in [0.3, 0.4) is 0 Å². The molecule has 0 radical (unpaired) electrons. The van der Waals surface area contributed by atoms with E-state index < -0.39 is 18.5 Å². The number of pyridine rings is 1. The lowest BCUT2D eigenvalue weighted by molar-refractivity contribution is -0.142. The lowest BCUT2D eigenvalue weighted by Gasteiger charge is -2.15. The normalized spacial score (nSPS) is 13.8. The highest BCUT2D eigenvalue weighted by Gasteiger charge is 2.20. The molecule has 1 heterocycles. The average Bonchev–Trinajstić information content (AvgIpc) is 3.34. The van der Waals surface area contributed by atoms with Crippen molar-refractivity contribution in [3.63, 3.8) is 0 Å². The zero-order valence-electron chi connectivity index (χ0n) is 18.1. The summed E-state index contributed by atoms with van der Waals surface area (Å²) >= 11 is 0. The van der Waals surface area contributed by atoms with Crippen LogP contribution in [0.15, 0.2) is 66.7 Å². The van der Waals surface area contributed by atoms with Crippen molar-refractivity contribution in [2.24, 2.45) is 0 Å². The lowest BCUT2D eigenvalue weighted by Crippen LogP contribution is -2.33. The molecule has 0 saturated heterocycles. The highest BCUT2D eigenvalue weighted by molar-refractivity contribution is 6.04. The quantitative estimate of drug-likeness (QED) is 0.423. The number of carbonyl (C=O) groups is 3. The Bertz CT molecular complexity index is 1200. The van der Waals surface area contributed by atoms with E-state index >= 15 is 0 Å². The zero-order valence-corrected chi connectivity index (χ0v) is 18.1. The van der Waals surface area contributed by atoms with Crippen LogP contribution in [0.1, 0.15) is 41.7 Å². The molecule has 1 aliphatic rings. The molecule has 4 rings (SSSR count). The molecule has 2 N–H and O–H groups in total. The molecule has 168 valence electrons. The number of benzene rings is 2. The molecule has 0 bridgehead atoms. The van der Waals surface area contributed by atoms with E-state index in [1.807, 2.05) is 30.3 Å². The monoisotopic (exact) mass is 443 g/mol. The van der Waals surface area contributed by atoms with Crippen LogP contribution in [-0.2, 0) is 14.3 Å². The van der Waals surface area contributed by atoms with Gasteiger partial charge in [0.1, 0.15) is 0 Å². The third-order valence-electron chi connectivity index (χ3n) is 5.49. The molecule has 33 heavy (non-hydrogen) atoms. The number of aromatic nitrogens is 1. The number of fused-ring (bicyclic) bond motifs is 1. The van der Waals surface area contributed by atoms with Gasteiger partial charge in [0.05, 0.1) is 22.5 Å². The molecule has 1 saturated carbocycles. The number of ether oxygens (including phenoxy) is 1. The van der Waals surface area contributed by atoms with Crippen LogP contribution >= 0.6 is 0 Å². The van der Waals surface area contributed by atoms with E-state index in [-0.39, 0.29) is 11.9 Å². The third kappa shape index (κ3) is 6.04. The van der Waals surface area contributed by atoms with Crippen molar-refractivity contribution < 1.29 is 19.1 Å². The van der Waals surface area contributed by atoms with E-state index in [1.54, 1.807) is 30.3 Å². The maximum Gasteiger partial charge on any atom is 0.331 e. The number of amides is 2. The number of rotatable bonds is 7. The van der Waals surface area contributed by atoms with Gasteiger partial charge in [0.2, 0.25) is 0 Å². The van der Waals surface area contributed by atoms with Gasteiger partial charge >= 0.3 is 5.97 Å². The molecular formula is C26H25N3O4. The van der Waals surface area contributed by atoms with Crippen LogP contribution in [-0.4, -0.2) is 35.4 Å². The van der Waals surface area contributed by atoms with Crippen LogP contribution in [0, 0.1) is 0 Å². The van der Waals surface area contributed by atoms with Gasteiger partial charge in [-0.05, 0) is 43.2 Å². The maximum absolute atomic E-state index is 12.6. The van der Waals surface area contributed by atoms with E-state index in [0.29, 0.717) is 16.9 Å². The number of hydrogen-bond acceptors (Lipinski definition) is 5. The molecule has 2 aromatic carbocycles. The summed E-state index contributed by atoms with van der Waals surface area (Å²) in [4.78, 5) is 41.4.